The SMILES string of the molecule is CCCCc1ccc(C(=O)Nc2cc(CCCC)c(NC(=O)c3ccc(CCCC)cc3)c3c2C(=O)c2ccccc2C3=O)cc1. The number of aryl methyl sites for hydroxylation is 3. The summed E-state index contributed by atoms with van der Waals surface area (Å²) in [6.07, 6.45) is 8.43. The second kappa shape index (κ2) is 15.0. The number of unbranched alkanes of at least 4 members (excludes halogenated alkanes) is 3. The van der Waals surface area contributed by atoms with Crippen LogP contribution in [-0.2, 0) is 19.3 Å². The minimum absolute atomic E-state index is 0.0991. The van der Waals surface area contributed by atoms with Crippen LogP contribution < -0.4 is 10.6 Å². The highest BCUT2D eigenvalue weighted by atomic mass is 16.2. The van der Waals surface area contributed by atoms with Gasteiger partial charge in [0, 0.05) is 22.3 Å². The monoisotopic (exact) mass is 614 g/mol. The van der Waals surface area contributed by atoms with E-state index in [-0.39, 0.29) is 51.3 Å². The predicted octanol–water partition coefficient (Wildman–Crippen LogP) is 8.99. The summed E-state index contributed by atoms with van der Waals surface area (Å²) in [5, 5.41) is 5.98. The van der Waals surface area contributed by atoms with E-state index < -0.39 is 0 Å². The number of carbonyl (C=O) groups is 4. The van der Waals surface area contributed by atoms with Gasteiger partial charge >= 0.3 is 0 Å². The van der Waals surface area contributed by atoms with Crippen molar-refractivity contribution < 1.29 is 19.2 Å². The molecule has 0 aromatic heterocycles. The predicted molar refractivity (Wildman–Crippen MR) is 184 cm³/mol. The summed E-state index contributed by atoms with van der Waals surface area (Å²) in [6, 6.07) is 23.4. The number of nitrogens with one attached hydrogen (secondary N) is 2. The van der Waals surface area contributed by atoms with Gasteiger partial charge in [0.05, 0.1) is 22.5 Å². The van der Waals surface area contributed by atoms with Gasteiger partial charge in [0.1, 0.15) is 0 Å². The molecule has 6 heteroatoms. The van der Waals surface area contributed by atoms with Crippen molar-refractivity contribution in [2.24, 2.45) is 0 Å². The average molecular weight is 615 g/mol. The summed E-state index contributed by atoms with van der Waals surface area (Å²) < 4.78 is 0. The Morgan fingerprint density at radius 3 is 1.52 bits per heavy atom. The van der Waals surface area contributed by atoms with Gasteiger partial charge in [-0.2, -0.15) is 0 Å². The molecule has 0 saturated heterocycles. The zero-order chi connectivity index (χ0) is 32.6. The summed E-state index contributed by atoms with van der Waals surface area (Å²) in [7, 11) is 0. The maximum Gasteiger partial charge on any atom is 0.255 e. The van der Waals surface area contributed by atoms with Crippen LogP contribution in [-0.4, -0.2) is 23.4 Å². The van der Waals surface area contributed by atoms with Gasteiger partial charge in [0.2, 0.25) is 0 Å². The molecule has 0 bridgehead atoms. The van der Waals surface area contributed by atoms with Crippen LogP contribution in [0.2, 0.25) is 0 Å². The van der Waals surface area contributed by atoms with Crippen LogP contribution in [0.25, 0.3) is 0 Å². The van der Waals surface area contributed by atoms with E-state index in [1.165, 1.54) is 0 Å². The molecule has 0 aliphatic heterocycles. The Morgan fingerprint density at radius 2 is 1.02 bits per heavy atom. The molecule has 5 rings (SSSR count). The van der Waals surface area contributed by atoms with Crippen molar-refractivity contribution in [1.82, 2.24) is 0 Å². The van der Waals surface area contributed by atoms with Gasteiger partial charge < -0.3 is 10.6 Å². The van der Waals surface area contributed by atoms with Crippen molar-refractivity contribution in [1.29, 1.82) is 0 Å². The van der Waals surface area contributed by atoms with Crippen molar-refractivity contribution in [3.63, 3.8) is 0 Å². The van der Waals surface area contributed by atoms with E-state index in [9.17, 15) is 19.2 Å². The number of amides is 2. The first-order valence-electron chi connectivity index (χ1n) is 16.5. The molecule has 2 amide bonds. The van der Waals surface area contributed by atoms with E-state index in [1.807, 2.05) is 24.3 Å². The number of rotatable bonds is 13. The number of fused-ring (bicyclic) bond motifs is 2. The highest BCUT2D eigenvalue weighted by Crippen LogP contribution is 2.40. The Bertz CT molecular complexity index is 1750. The zero-order valence-corrected chi connectivity index (χ0v) is 27.0. The van der Waals surface area contributed by atoms with E-state index in [1.54, 1.807) is 54.6 Å². The first-order chi connectivity index (χ1) is 22.4. The summed E-state index contributed by atoms with van der Waals surface area (Å²) in [5.41, 5.74) is 5.31. The minimum atomic E-state index is -0.371. The molecule has 0 spiro atoms. The molecular formula is C40H42N2O4. The average Bonchev–Trinajstić information content (AvgIpc) is 3.08. The van der Waals surface area contributed by atoms with Crippen LogP contribution in [0.3, 0.4) is 0 Å². The highest BCUT2D eigenvalue weighted by molar-refractivity contribution is 6.33. The molecule has 1 aliphatic carbocycles. The van der Waals surface area contributed by atoms with Crippen molar-refractivity contribution in [3.05, 3.63) is 129 Å². The Hall–Kier alpha value is -4.84. The lowest BCUT2D eigenvalue weighted by Crippen LogP contribution is -2.27. The van der Waals surface area contributed by atoms with Crippen LogP contribution in [0, 0.1) is 0 Å². The maximum absolute atomic E-state index is 14.2. The van der Waals surface area contributed by atoms with E-state index in [4.69, 9.17) is 0 Å². The fourth-order valence-electron chi connectivity index (χ4n) is 5.94. The van der Waals surface area contributed by atoms with Gasteiger partial charge in [-0.25, -0.2) is 0 Å². The van der Waals surface area contributed by atoms with Crippen LogP contribution in [0.1, 0.15) is 129 Å². The largest absolute Gasteiger partial charge is 0.321 e. The molecule has 236 valence electrons. The molecular weight excluding hydrogens is 572 g/mol. The molecule has 4 aromatic rings. The van der Waals surface area contributed by atoms with E-state index in [2.05, 4.69) is 31.4 Å². The first kappa shape index (κ1) is 32.6. The number of benzene rings is 4. The number of hydrogen-bond donors (Lipinski definition) is 2. The third-order valence-electron chi connectivity index (χ3n) is 8.64. The molecule has 46 heavy (non-hydrogen) atoms. The molecule has 1 aliphatic rings. The highest BCUT2D eigenvalue weighted by Gasteiger charge is 2.36. The Morgan fingerprint density at radius 1 is 0.565 bits per heavy atom. The van der Waals surface area contributed by atoms with Gasteiger partial charge in [-0.15, -0.1) is 0 Å². The molecule has 2 N–H and O–H groups in total. The Balaban J connectivity index is 1.58. The minimum Gasteiger partial charge on any atom is -0.321 e. The van der Waals surface area contributed by atoms with Crippen LogP contribution in [0.4, 0.5) is 11.4 Å². The van der Waals surface area contributed by atoms with Gasteiger partial charge in [0.25, 0.3) is 11.8 Å². The number of hydrogen-bond acceptors (Lipinski definition) is 4. The normalized spacial score (nSPS) is 12.0. The quantitative estimate of drug-likeness (QED) is 0.138. The molecule has 0 heterocycles. The number of ketones is 2. The van der Waals surface area contributed by atoms with E-state index in [0.717, 1.165) is 62.5 Å². The smallest absolute Gasteiger partial charge is 0.255 e. The summed E-state index contributed by atoms with van der Waals surface area (Å²) in [4.78, 5) is 55.5. The second-order valence-electron chi connectivity index (χ2n) is 12.0. The fraction of sp³-hybridized carbons (Fsp3) is 0.300. The van der Waals surface area contributed by atoms with Crippen LogP contribution in [0.5, 0.6) is 0 Å². The molecule has 0 radical (unpaired) electrons. The van der Waals surface area contributed by atoms with Gasteiger partial charge in [0.15, 0.2) is 11.6 Å². The molecule has 6 nitrogen and oxygen atoms in total. The summed E-state index contributed by atoms with van der Waals surface area (Å²) in [6.45, 7) is 6.35. The van der Waals surface area contributed by atoms with Crippen molar-refractivity contribution >= 4 is 34.8 Å². The molecule has 4 aromatic carbocycles. The van der Waals surface area contributed by atoms with Crippen LogP contribution in [0.15, 0.2) is 78.9 Å². The van der Waals surface area contributed by atoms with Crippen LogP contribution >= 0.6 is 0 Å². The first-order valence-corrected chi connectivity index (χ1v) is 16.5. The summed E-state index contributed by atoms with van der Waals surface area (Å²) >= 11 is 0. The lowest BCUT2D eigenvalue weighted by molar-refractivity contribution is 0.0977. The Labute approximate surface area is 271 Å². The molecule has 0 saturated carbocycles. The van der Waals surface area contributed by atoms with Gasteiger partial charge in [-0.3, -0.25) is 19.2 Å². The van der Waals surface area contributed by atoms with Crippen molar-refractivity contribution in [3.8, 4) is 0 Å². The van der Waals surface area contributed by atoms with E-state index >= 15 is 0 Å². The lowest BCUT2D eigenvalue weighted by Gasteiger charge is -2.26. The number of carbonyl (C=O) groups excluding carboxylic acids is 4. The maximum atomic E-state index is 14.2. The second-order valence-corrected chi connectivity index (χ2v) is 12.0. The topological polar surface area (TPSA) is 92.3 Å². The zero-order valence-electron chi connectivity index (χ0n) is 27.0. The third kappa shape index (κ3) is 7.02. The van der Waals surface area contributed by atoms with Crippen molar-refractivity contribution in [2.75, 3.05) is 10.6 Å². The molecule has 0 atom stereocenters. The van der Waals surface area contributed by atoms with Crippen molar-refractivity contribution in [2.45, 2.75) is 78.6 Å². The number of anilines is 2. The van der Waals surface area contributed by atoms with E-state index in [0.29, 0.717) is 28.8 Å². The summed E-state index contributed by atoms with van der Waals surface area (Å²) in [5.74, 6) is -1.46. The standard InChI is InChI=1S/C40H42N2O4/c1-4-7-12-26-17-21-28(22-18-26)39(45)41-33-25-30(14-9-6-3)36(42-40(46)29-23-19-27(20-24-29)13-8-5-2)35-34(33)37(43)31-15-10-11-16-32(31)38(35)44/h10-11,15-25H,4-9,12-14H2,1-3H3,(H,41,45)(H,42,46). The molecule has 0 unspecified atom stereocenters. The Kier molecular flexibility index (Phi) is 10.6. The fourth-order valence-corrected chi connectivity index (χ4v) is 5.94. The van der Waals surface area contributed by atoms with Gasteiger partial charge in [-0.05, 0) is 85.5 Å². The molecule has 0 fully saturated rings. The van der Waals surface area contributed by atoms with Gasteiger partial charge in [-0.1, -0.05) is 88.6 Å². The lowest BCUT2D eigenvalue weighted by atomic mass is 9.80. The third-order valence-corrected chi connectivity index (χ3v) is 8.64.